The number of pyridine rings is 1. The standard InChI is InChI=1S/C15H21N3OS/c1-12(14-5-3-10-20-14)17(2)8-4-9-18-11-13(16)6-7-15(18)19/h3,5-7,10-12H,4,8-9,16H2,1-2H3. The molecule has 0 aliphatic heterocycles. The molecule has 0 aliphatic rings. The third-order valence-electron chi connectivity index (χ3n) is 3.53. The van der Waals surface area contributed by atoms with Gasteiger partial charge in [-0.2, -0.15) is 0 Å². The number of thiophene rings is 1. The van der Waals surface area contributed by atoms with Crippen molar-refractivity contribution in [2.45, 2.75) is 25.9 Å². The molecule has 0 fully saturated rings. The maximum Gasteiger partial charge on any atom is 0.250 e. The molecule has 0 saturated carbocycles. The molecule has 2 aromatic rings. The van der Waals surface area contributed by atoms with Crippen LogP contribution in [0.15, 0.2) is 40.6 Å². The van der Waals surface area contributed by atoms with Gasteiger partial charge in [0.1, 0.15) is 0 Å². The van der Waals surface area contributed by atoms with Crippen molar-refractivity contribution >= 4 is 17.0 Å². The van der Waals surface area contributed by atoms with Gasteiger partial charge >= 0.3 is 0 Å². The molecule has 2 N–H and O–H groups in total. The monoisotopic (exact) mass is 291 g/mol. The average molecular weight is 291 g/mol. The van der Waals surface area contributed by atoms with E-state index in [0.29, 0.717) is 18.3 Å². The van der Waals surface area contributed by atoms with Gasteiger partial charge in [0.15, 0.2) is 0 Å². The van der Waals surface area contributed by atoms with E-state index >= 15 is 0 Å². The largest absolute Gasteiger partial charge is 0.398 e. The van der Waals surface area contributed by atoms with Gasteiger partial charge in [0.2, 0.25) is 0 Å². The highest BCUT2D eigenvalue weighted by Crippen LogP contribution is 2.23. The van der Waals surface area contributed by atoms with Crippen molar-refractivity contribution < 1.29 is 0 Å². The lowest BCUT2D eigenvalue weighted by Gasteiger charge is -2.23. The molecule has 0 aliphatic carbocycles. The van der Waals surface area contributed by atoms with Gasteiger partial charge in [-0.05, 0) is 37.9 Å². The van der Waals surface area contributed by atoms with E-state index < -0.39 is 0 Å². The molecular formula is C15H21N3OS. The summed E-state index contributed by atoms with van der Waals surface area (Å²) < 4.78 is 1.68. The minimum absolute atomic E-state index is 0.00755. The predicted molar refractivity (Wildman–Crippen MR) is 85.1 cm³/mol. The molecule has 108 valence electrons. The predicted octanol–water partition coefficient (Wildman–Crippen LogP) is 2.58. The van der Waals surface area contributed by atoms with Crippen LogP contribution in [0.1, 0.15) is 24.3 Å². The van der Waals surface area contributed by atoms with E-state index in [0.717, 1.165) is 13.0 Å². The summed E-state index contributed by atoms with van der Waals surface area (Å²) in [7, 11) is 2.12. The Labute approximate surface area is 123 Å². The molecule has 2 rings (SSSR count). The van der Waals surface area contributed by atoms with Crippen LogP contribution in [0.3, 0.4) is 0 Å². The molecule has 0 radical (unpaired) electrons. The highest BCUT2D eigenvalue weighted by Gasteiger charge is 2.11. The minimum Gasteiger partial charge on any atom is -0.398 e. The maximum absolute atomic E-state index is 11.7. The molecule has 1 unspecified atom stereocenters. The summed E-state index contributed by atoms with van der Waals surface area (Å²) in [6, 6.07) is 7.81. The number of rotatable bonds is 6. The van der Waals surface area contributed by atoms with E-state index in [1.165, 1.54) is 10.9 Å². The summed E-state index contributed by atoms with van der Waals surface area (Å²) in [4.78, 5) is 15.3. The average Bonchev–Trinajstić information content (AvgIpc) is 2.95. The molecule has 0 aromatic carbocycles. The first-order chi connectivity index (χ1) is 9.58. The molecule has 1 atom stereocenters. The van der Waals surface area contributed by atoms with Crippen molar-refractivity contribution in [3.8, 4) is 0 Å². The van der Waals surface area contributed by atoms with Gasteiger partial charge in [-0.25, -0.2) is 0 Å². The van der Waals surface area contributed by atoms with Gasteiger partial charge in [0.25, 0.3) is 5.56 Å². The fourth-order valence-electron chi connectivity index (χ4n) is 2.15. The summed E-state index contributed by atoms with van der Waals surface area (Å²) in [6.45, 7) is 3.85. The topological polar surface area (TPSA) is 51.3 Å². The number of hydrogen-bond donors (Lipinski definition) is 1. The summed E-state index contributed by atoms with van der Waals surface area (Å²) in [5.41, 5.74) is 6.34. The molecule has 2 heterocycles. The number of nitrogen functional groups attached to an aromatic ring is 1. The Morgan fingerprint density at radius 1 is 1.40 bits per heavy atom. The fourth-order valence-corrected chi connectivity index (χ4v) is 3.00. The Hall–Kier alpha value is -1.59. The van der Waals surface area contributed by atoms with Gasteiger partial charge < -0.3 is 10.3 Å². The SMILES string of the molecule is CC(c1cccs1)N(C)CCCn1cc(N)ccc1=O. The van der Waals surface area contributed by atoms with Crippen LogP contribution in [-0.2, 0) is 6.54 Å². The number of nitrogens with zero attached hydrogens (tertiary/aromatic N) is 2. The molecular weight excluding hydrogens is 270 g/mol. The molecule has 5 heteroatoms. The van der Waals surface area contributed by atoms with Gasteiger partial charge in [0, 0.05) is 42.0 Å². The highest BCUT2D eigenvalue weighted by atomic mass is 32.1. The Morgan fingerprint density at radius 3 is 2.90 bits per heavy atom. The van der Waals surface area contributed by atoms with Crippen LogP contribution in [0.4, 0.5) is 5.69 Å². The number of aryl methyl sites for hydroxylation is 1. The molecule has 4 nitrogen and oxygen atoms in total. The van der Waals surface area contributed by atoms with E-state index in [4.69, 9.17) is 5.73 Å². The van der Waals surface area contributed by atoms with E-state index in [-0.39, 0.29) is 5.56 Å². The summed E-state index contributed by atoms with van der Waals surface area (Å²) in [5.74, 6) is 0. The fraction of sp³-hybridized carbons (Fsp3) is 0.400. The summed E-state index contributed by atoms with van der Waals surface area (Å²) in [5, 5.41) is 2.10. The number of hydrogen-bond acceptors (Lipinski definition) is 4. The molecule has 0 amide bonds. The van der Waals surface area contributed by atoms with Crippen molar-refractivity contribution in [2.75, 3.05) is 19.3 Å². The molecule has 0 spiro atoms. The van der Waals surface area contributed by atoms with Crippen molar-refractivity contribution in [2.24, 2.45) is 0 Å². The smallest absolute Gasteiger partial charge is 0.250 e. The quantitative estimate of drug-likeness (QED) is 0.890. The second kappa shape index (κ2) is 6.72. The zero-order chi connectivity index (χ0) is 14.5. The zero-order valence-corrected chi connectivity index (χ0v) is 12.8. The zero-order valence-electron chi connectivity index (χ0n) is 12.0. The van der Waals surface area contributed by atoms with Gasteiger partial charge in [-0.15, -0.1) is 11.3 Å². The van der Waals surface area contributed by atoms with E-state index in [9.17, 15) is 4.79 Å². The van der Waals surface area contributed by atoms with Crippen molar-refractivity contribution in [3.63, 3.8) is 0 Å². The lowest BCUT2D eigenvalue weighted by Crippen LogP contribution is -2.26. The van der Waals surface area contributed by atoms with Crippen LogP contribution < -0.4 is 11.3 Å². The van der Waals surface area contributed by atoms with Gasteiger partial charge in [-0.1, -0.05) is 6.07 Å². The first kappa shape index (κ1) is 14.8. The Kier molecular flexibility index (Phi) is 4.98. The molecule has 0 saturated heterocycles. The highest BCUT2D eigenvalue weighted by molar-refractivity contribution is 7.10. The minimum atomic E-state index is 0.00755. The van der Waals surface area contributed by atoms with Crippen LogP contribution in [-0.4, -0.2) is 23.1 Å². The summed E-state index contributed by atoms with van der Waals surface area (Å²) in [6.07, 6.45) is 2.64. The van der Waals surface area contributed by atoms with Crippen molar-refractivity contribution in [1.82, 2.24) is 9.47 Å². The van der Waals surface area contributed by atoms with Crippen LogP contribution in [0, 0.1) is 0 Å². The van der Waals surface area contributed by atoms with Gasteiger partial charge in [-0.3, -0.25) is 9.69 Å². The van der Waals surface area contributed by atoms with Gasteiger partial charge in [0.05, 0.1) is 0 Å². The molecule has 0 bridgehead atoms. The Bertz CT molecular complexity index is 591. The third kappa shape index (κ3) is 3.71. The number of nitrogens with two attached hydrogens (primary N) is 1. The first-order valence-corrected chi connectivity index (χ1v) is 7.65. The van der Waals surface area contributed by atoms with E-state index in [1.807, 2.05) is 0 Å². The number of aromatic nitrogens is 1. The van der Waals surface area contributed by atoms with Crippen LogP contribution in [0.25, 0.3) is 0 Å². The van der Waals surface area contributed by atoms with E-state index in [1.54, 1.807) is 28.2 Å². The van der Waals surface area contributed by atoms with Crippen LogP contribution in [0.2, 0.25) is 0 Å². The lowest BCUT2D eigenvalue weighted by atomic mass is 10.2. The molecule has 20 heavy (non-hydrogen) atoms. The first-order valence-electron chi connectivity index (χ1n) is 6.77. The lowest BCUT2D eigenvalue weighted by molar-refractivity contribution is 0.256. The third-order valence-corrected chi connectivity index (χ3v) is 4.57. The number of anilines is 1. The normalized spacial score (nSPS) is 12.8. The second-order valence-electron chi connectivity index (χ2n) is 5.02. The Morgan fingerprint density at radius 2 is 2.20 bits per heavy atom. The Balaban J connectivity index is 1.86. The van der Waals surface area contributed by atoms with Crippen molar-refractivity contribution in [3.05, 3.63) is 51.1 Å². The maximum atomic E-state index is 11.7. The van der Waals surface area contributed by atoms with Crippen LogP contribution in [0.5, 0.6) is 0 Å². The van der Waals surface area contributed by atoms with E-state index in [2.05, 4.69) is 36.4 Å². The van der Waals surface area contributed by atoms with Crippen molar-refractivity contribution in [1.29, 1.82) is 0 Å². The molecule has 2 aromatic heterocycles. The second-order valence-corrected chi connectivity index (χ2v) is 6.00. The summed E-state index contributed by atoms with van der Waals surface area (Å²) >= 11 is 1.78. The van der Waals surface area contributed by atoms with Crippen LogP contribution >= 0.6 is 11.3 Å².